The van der Waals surface area contributed by atoms with Gasteiger partial charge in [-0.2, -0.15) is 0 Å². The van der Waals surface area contributed by atoms with Crippen molar-refractivity contribution in [1.29, 1.82) is 0 Å². The molecule has 1 saturated heterocycles. The molecule has 0 aromatic heterocycles. The Morgan fingerprint density at radius 3 is 2.74 bits per heavy atom. The maximum Gasteiger partial charge on any atom is 0.156 e. The highest BCUT2D eigenvalue weighted by molar-refractivity contribution is 8.14. The fourth-order valence-corrected chi connectivity index (χ4v) is 3.92. The van der Waals surface area contributed by atoms with Gasteiger partial charge in [0.15, 0.2) is 5.17 Å². The molecule has 1 aromatic carbocycles. The molecule has 1 N–H and O–H groups in total. The van der Waals surface area contributed by atoms with Gasteiger partial charge in [0.05, 0.1) is 0 Å². The van der Waals surface area contributed by atoms with E-state index in [1.807, 2.05) is 11.8 Å². The van der Waals surface area contributed by atoms with Gasteiger partial charge in [0.25, 0.3) is 0 Å². The van der Waals surface area contributed by atoms with Crippen LogP contribution in [0.15, 0.2) is 35.3 Å². The van der Waals surface area contributed by atoms with Crippen LogP contribution in [0.2, 0.25) is 0 Å². The zero-order valence-corrected chi connectivity index (χ0v) is 12.2. The van der Waals surface area contributed by atoms with Crippen LogP contribution in [0.1, 0.15) is 31.2 Å². The lowest BCUT2D eigenvalue weighted by Crippen LogP contribution is -2.29. The SMILES string of the molecule is c1ccc(CC2CSC(=NCC3CCCC3)N2)cc1. The zero-order valence-electron chi connectivity index (χ0n) is 11.3. The largest absolute Gasteiger partial charge is 0.361 e. The topological polar surface area (TPSA) is 24.4 Å². The number of benzene rings is 1. The standard InChI is InChI=1S/C16H22N2S/c1-2-6-13(7-3-1)10-15-12-19-16(18-15)17-11-14-8-4-5-9-14/h1-3,6-7,14-15H,4-5,8-12H2,(H,17,18). The second kappa shape index (κ2) is 6.47. The number of hydrogen-bond donors (Lipinski definition) is 1. The Labute approximate surface area is 120 Å². The summed E-state index contributed by atoms with van der Waals surface area (Å²) in [5.74, 6) is 2.00. The first-order valence-electron chi connectivity index (χ1n) is 7.38. The highest BCUT2D eigenvalue weighted by atomic mass is 32.2. The monoisotopic (exact) mass is 274 g/mol. The van der Waals surface area contributed by atoms with Crippen molar-refractivity contribution < 1.29 is 0 Å². The maximum absolute atomic E-state index is 4.77. The molecule has 0 bridgehead atoms. The van der Waals surface area contributed by atoms with Gasteiger partial charge in [-0.3, -0.25) is 4.99 Å². The fraction of sp³-hybridized carbons (Fsp3) is 0.562. The molecule has 19 heavy (non-hydrogen) atoms. The molecule has 2 fully saturated rings. The van der Waals surface area contributed by atoms with Crippen LogP contribution in [0.4, 0.5) is 0 Å². The summed E-state index contributed by atoms with van der Waals surface area (Å²) in [5, 5.41) is 4.75. The van der Waals surface area contributed by atoms with E-state index in [0.717, 1.165) is 24.6 Å². The van der Waals surface area contributed by atoms with Crippen LogP contribution in [0, 0.1) is 5.92 Å². The Balaban J connectivity index is 1.48. The smallest absolute Gasteiger partial charge is 0.156 e. The third-order valence-corrected chi connectivity index (χ3v) is 5.13. The third kappa shape index (κ3) is 3.75. The van der Waals surface area contributed by atoms with Gasteiger partial charge in [0.1, 0.15) is 0 Å². The predicted molar refractivity (Wildman–Crippen MR) is 83.8 cm³/mol. The Morgan fingerprint density at radius 1 is 1.16 bits per heavy atom. The number of hydrogen-bond acceptors (Lipinski definition) is 2. The lowest BCUT2D eigenvalue weighted by molar-refractivity contribution is 0.562. The van der Waals surface area contributed by atoms with Crippen LogP contribution in [0.3, 0.4) is 0 Å². The third-order valence-electron chi connectivity index (χ3n) is 4.04. The molecule has 3 heteroatoms. The van der Waals surface area contributed by atoms with Gasteiger partial charge >= 0.3 is 0 Å². The van der Waals surface area contributed by atoms with E-state index in [9.17, 15) is 0 Å². The zero-order chi connectivity index (χ0) is 12.9. The molecule has 3 rings (SSSR count). The van der Waals surface area contributed by atoms with E-state index in [-0.39, 0.29) is 0 Å². The van der Waals surface area contributed by atoms with E-state index >= 15 is 0 Å². The van der Waals surface area contributed by atoms with Crippen LogP contribution in [-0.2, 0) is 6.42 Å². The second-order valence-corrected chi connectivity index (χ2v) is 6.65. The Morgan fingerprint density at radius 2 is 1.95 bits per heavy atom. The molecular weight excluding hydrogens is 252 g/mol. The first-order valence-corrected chi connectivity index (χ1v) is 8.36. The second-order valence-electron chi connectivity index (χ2n) is 5.64. The van der Waals surface area contributed by atoms with E-state index in [1.54, 1.807) is 0 Å². The predicted octanol–water partition coefficient (Wildman–Crippen LogP) is 3.48. The number of nitrogens with one attached hydrogen (secondary N) is 1. The van der Waals surface area contributed by atoms with Gasteiger partial charge in [0, 0.05) is 18.3 Å². The first kappa shape index (κ1) is 13.0. The maximum atomic E-state index is 4.77. The van der Waals surface area contributed by atoms with Gasteiger partial charge in [-0.1, -0.05) is 54.9 Å². The van der Waals surface area contributed by atoms with E-state index in [1.165, 1.54) is 36.4 Å². The molecule has 1 heterocycles. The number of amidine groups is 1. The van der Waals surface area contributed by atoms with Crippen molar-refractivity contribution in [3.63, 3.8) is 0 Å². The number of aliphatic imine (C=N–C) groups is 1. The van der Waals surface area contributed by atoms with Crippen LogP contribution in [0.25, 0.3) is 0 Å². The van der Waals surface area contributed by atoms with Crippen molar-refractivity contribution in [1.82, 2.24) is 5.32 Å². The van der Waals surface area contributed by atoms with Gasteiger partial charge in [-0.25, -0.2) is 0 Å². The average molecular weight is 274 g/mol. The summed E-state index contributed by atoms with van der Waals surface area (Å²) in [6.07, 6.45) is 6.69. The number of thioether (sulfide) groups is 1. The van der Waals surface area contributed by atoms with Crippen molar-refractivity contribution in [2.45, 2.75) is 38.1 Å². The van der Waals surface area contributed by atoms with Crippen LogP contribution in [-0.4, -0.2) is 23.5 Å². The first-order chi connectivity index (χ1) is 9.40. The van der Waals surface area contributed by atoms with Gasteiger partial charge in [-0.05, 0) is 30.7 Å². The van der Waals surface area contributed by atoms with Crippen LogP contribution in [0.5, 0.6) is 0 Å². The minimum Gasteiger partial charge on any atom is -0.361 e. The summed E-state index contributed by atoms with van der Waals surface area (Å²) < 4.78 is 0. The molecule has 0 amide bonds. The Bertz CT molecular complexity index is 424. The number of rotatable bonds is 4. The van der Waals surface area contributed by atoms with Crippen LogP contribution < -0.4 is 5.32 Å². The molecule has 2 aliphatic rings. The highest BCUT2D eigenvalue weighted by Crippen LogP contribution is 2.25. The molecule has 1 aliphatic heterocycles. The minimum absolute atomic E-state index is 0.551. The van der Waals surface area contributed by atoms with Crippen molar-refractivity contribution in [3.8, 4) is 0 Å². The minimum atomic E-state index is 0.551. The normalized spacial score (nSPS) is 25.9. The van der Waals surface area contributed by atoms with E-state index < -0.39 is 0 Å². The molecule has 0 spiro atoms. The summed E-state index contributed by atoms with van der Waals surface area (Å²) in [5.41, 5.74) is 1.41. The average Bonchev–Trinajstić information content (AvgIpc) is 3.09. The van der Waals surface area contributed by atoms with Crippen molar-refractivity contribution >= 4 is 16.9 Å². The highest BCUT2D eigenvalue weighted by Gasteiger charge is 2.21. The fourth-order valence-electron chi connectivity index (χ4n) is 2.94. The van der Waals surface area contributed by atoms with E-state index in [0.29, 0.717) is 6.04 Å². The van der Waals surface area contributed by atoms with E-state index in [2.05, 4.69) is 35.6 Å². The van der Waals surface area contributed by atoms with Gasteiger partial charge in [0.2, 0.25) is 0 Å². The summed E-state index contributed by atoms with van der Waals surface area (Å²) in [4.78, 5) is 4.77. The molecule has 2 nitrogen and oxygen atoms in total. The number of nitrogens with zero attached hydrogens (tertiary/aromatic N) is 1. The Hall–Kier alpha value is -0.960. The molecule has 1 unspecified atom stereocenters. The summed E-state index contributed by atoms with van der Waals surface area (Å²) in [6.45, 7) is 1.04. The van der Waals surface area contributed by atoms with Crippen LogP contribution >= 0.6 is 11.8 Å². The lowest BCUT2D eigenvalue weighted by atomic mass is 10.1. The molecular formula is C16H22N2S. The lowest BCUT2D eigenvalue weighted by Gasteiger charge is -2.10. The molecule has 1 aliphatic carbocycles. The van der Waals surface area contributed by atoms with Crippen molar-refractivity contribution in [3.05, 3.63) is 35.9 Å². The molecule has 1 atom stereocenters. The summed E-state index contributed by atoms with van der Waals surface area (Å²) in [6, 6.07) is 11.3. The quantitative estimate of drug-likeness (QED) is 0.909. The summed E-state index contributed by atoms with van der Waals surface area (Å²) >= 11 is 1.89. The molecule has 102 valence electrons. The van der Waals surface area contributed by atoms with Crippen molar-refractivity contribution in [2.75, 3.05) is 12.3 Å². The summed E-state index contributed by atoms with van der Waals surface area (Å²) in [7, 11) is 0. The molecule has 1 aromatic rings. The van der Waals surface area contributed by atoms with E-state index in [4.69, 9.17) is 4.99 Å². The Kier molecular flexibility index (Phi) is 4.44. The van der Waals surface area contributed by atoms with Gasteiger partial charge < -0.3 is 5.32 Å². The molecule has 0 radical (unpaired) electrons. The van der Waals surface area contributed by atoms with Gasteiger partial charge in [-0.15, -0.1) is 0 Å². The van der Waals surface area contributed by atoms with Crippen molar-refractivity contribution in [2.24, 2.45) is 10.9 Å². The molecule has 1 saturated carbocycles.